The molecule has 136 valence electrons. The molecule has 2 aromatic rings. The molecule has 0 fully saturated rings. The van der Waals surface area contributed by atoms with Crippen molar-refractivity contribution in [1.29, 1.82) is 0 Å². The second kappa shape index (κ2) is 5.61. The lowest BCUT2D eigenvalue weighted by Gasteiger charge is -2.47. The second-order valence-corrected chi connectivity index (χ2v) is 9.22. The standard InChI is InChI=1S/C21H23NO3S/c1-14-9-11-17(12-10-14)26(23,24)22-19-8-6-5-7-18(19)16(3)21(4)20(22)13-15(2)25-21/h5-13,16,20H,1-4H3/t16-,20-,21-/m0/s1. The summed E-state index contributed by atoms with van der Waals surface area (Å²) in [7, 11) is -3.72. The average Bonchev–Trinajstić information content (AvgIpc) is 2.91. The molecule has 0 N–H and O–H groups in total. The van der Waals surface area contributed by atoms with Gasteiger partial charge in [0.15, 0.2) is 0 Å². The summed E-state index contributed by atoms with van der Waals surface area (Å²) < 4.78 is 34.9. The van der Waals surface area contributed by atoms with Crippen LogP contribution in [0.1, 0.15) is 37.8 Å². The van der Waals surface area contributed by atoms with Crippen LogP contribution in [-0.4, -0.2) is 20.1 Å². The third kappa shape index (κ3) is 2.30. The van der Waals surface area contributed by atoms with Crippen molar-refractivity contribution in [2.75, 3.05) is 4.31 Å². The summed E-state index contributed by atoms with van der Waals surface area (Å²) in [4.78, 5) is 0.299. The van der Waals surface area contributed by atoms with Crippen LogP contribution in [0.4, 0.5) is 5.69 Å². The number of anilines is 1. The van der Waals surface area contributed by atoms with E-state index in [1.54, 1.807) is 16.4 Å². The molecule has 26 heavy (non-hydrogen) atoms. The molecule has 4 nitrogen and oxygen atoms in total. The van der Waals surface area contributed by atoms with Gasteiger partial charge < -0.3 is 4.74 Å². The molecule has 2 aliphatic heterocycles. The molecule has 2 aliphatic rings. The fraction of sp³-hybridized carbons (Fsp3) is 0.333. The third-order valence-electron chi connectivity index (χ3n) is 5.69. The van der Waals surface area contributed by atoms with Crippen molar-refractivity contribution in [1.82, 2.24) is 0 Å². The minimum Gasteiger partial charge on any atom is -0.489 e. The lowest BCUT2D eigenvalue weighted by Crippen LogP contribution is -2.57. The highest BCUT2D eigenvalue weighted by atomic mass is 32.2. The van der Waals surface area contributed by atoms with Crippen LogP contribution in [0.3, 0.4) is 0 Å². The molecule has 5 heteroatoms. The van der Waals surface area contributed by atoms with E-state index in [1.807, 2.05) is 63.2 Å². The fourth-order valence-corrected chi connectivity index (χ4v) is 5.79. The Hall–Kier alpha value is -2.27. The Morgan fingerprint density at radius 1 is 1.04 bits per heavy atom. The highest BCUT2D eigenvalue weighted by Crippen LogP contribution is 2.51. The predicted molar refractivity (Wildman–Crippen MR) is 103 cm³/mol. The minimum atomic E-state index is -3.72. The zero-order chi connectivity index (χ0) is 18.7. The molecule has 0 bridgehead atoms. The Labute approximate surface area is 155 Å². The summed E-state index contributed by atoms with van der Waals surface area (Å²) in [5.41, 5.74) is 2.12. The molecule has 0 unspecified atom stereocenters. The molecule has 0 spiro atoms. The van der Waals surface area contributed by atoms with Crippen molar-refractivity contribution in [2.45, 2.75) is 50.2 Å². The molecule has 0 saturated heterocycles. The number of nitrogens with zero attached hydrogens (tertiary/aromatic N) is 1. The van der Waals surface area contributed by atoms with Gasteiger partial charge in [-0.15, -0.1) is 0 Å². The predicted octanol–water partition coefficient (Wildman–Crippen LogP) is 4.37. The minimum absolute atomic E-state index is 0.0712. The maximum absolute atomic E-state index is 13.6. The van der Waals surface area contributed by atoms with E-state index in [-0.39, 0.29) is 12.0 Å². The van der Waals surface area contributed by atoms with Crippen LogP contribution >= 0.6 is 0 Å². The summed E-state index contributed by atoms with van der Waals surface area (Å²) in [5.74, 6) is 0.836. The van der Waals surface area contributed by atoms with Gasteiger partial charge in [-0.1, -0.05) is 42.8 Å². The molecule has 0 aliphatic carbocycles. The monoisotopic (exact) mass is 369 g/mol. The largest absolute Gasteiger partial charge is 0.489 e. The maximum atomic E-state index is 13.6. The number of benzene rings is 2. The maximum Gasteiger partial charge on any atom is 0.265 e. The number of ether oxygens (including phenoxy) is 1. The molecule has 0 aromatic heterocycles. The molecular formula is C21H23NO3S. The molecular weight excluding hydrogens is 346 g/mol. The first-order valence-electron chi connectivity index (χ1n) is 8.82. The molecule has 4 rings (SSSR count). The van der Waals surface area contributed by atoms with E-state index in [1.165, 1.54) is 0 Å². The molecule has 0 amide bonds. The highest BCUT2D eigenvalue weighted by molar-refractivity contribution is 7.92. The normalized spacial score (nSPS) is 27.4. The quantitative estimate of drug-likeness (QED) is 0.790. The van der Waals surface area contributed by atoms with Crippen molar-refractivity contribution in [3.8, 4) is 0 Å². The van der Waals surface area contributed by atoms with E-state index in [0.717, 1.165) is 22.6 Å². The van der Waals surface area contributed by atoms with E-state index in [9.17, 15) is 8.42 Å². The zero-order valence-corrected chi connectivity index (χ0v) is 16.2. The van der Waals surface area contributed by atoms with Gasteiger partial charge in [0.25, 0.3) is 10.0 Å². The number of hydrogen-bond acceptors (Lipinski definition) is 3. The van der Waals surface area contributed by atoms with Gasteiger partial charge in [0.05, 0.1) is 16.3 Å². The average molecular weight is 369 g/mol. The van der Waals surface area contributed by atoms with E-state index in [4.69, 9.17) is 4.74 Å². The fourth-order valence-electron chi connectivity index (χ4n) is 4.09. The number of para-hydroxylation sites is 1. The number of aryl methyl sites for hydroxylation is 1. The van der Waals surface area contributed by atoms with Crippen molar-refractivity contribution in [3.63, 3.8) is 0 Å². The van der Waals surface area contributed by atoms with Gasteiger partial charge in [-0.2, -0.15) is 0 Å². The van der Waals surface area contributed by atoms with E-state index in [0.29, 0.717) is 4.90 Å². The molecule has 0 radical (unpaired) electrons. The van der Waals surface area contributed by atoms with Crippen LogP contribution in [0.25, 0.3) is 0 Å². The van der Waals surface area contributed by atoms with Crippen LogP contribution in [-0.2, 0) is 14.8 Å². The highest BCUT2D eigenvalue weighted by Gasteiger charge is 2.55. The van der Waals surface area contributed by atoms with Crippen molar-refractivity contribution < 1.29 is 13.2 Å². The molecule has 2 heterocycles. The van der Waals surface area contributed by atoms with Crippen molar-refractivity contribution >= 4 is 15.7 Å². The summed E-state index contributed by atoms with van der Waals surface area (Å²) in [5, 5.41) is 0. The SMILES string of the molecule is CC1=C[C@@H]2N(S(=O)(=O)c3ccc(C)cc3)c3ccccc3[C@H](C)[C@]2(C)O1. The number of hydrogen-bond donors (Lipinski definition) is 0. The van der Waals surface area contributed by atoms with Gasteiger partial charge in [0.2, 0.25) is 0 Å². The topological polar surface area (TPSA) is 46.6 Å². The van der Waals surface area contributed by atoms with Crippen LogP contribution in [0.2, 0.25) is 0 Å². The van der Waals surface area contributed by atoms with Crippen LogP contribution < -0.4 is 4.31 Å². The summed E-state index contributed by atoms with van der Waals surface area (Å²) in [6.07, 6.45) is 1.93. The summed E-state index contributed by atoms with van der Waals surface area (Å²) in [6.45, 7) is 7.94. The van der Waals surface area contributed by atoms with Crippen molar-refractivity contribution in [2.24, 2.45) is 0 Å². The summed E-state index contributed by atoms with van der Waals surface area (Å²) >= 11 is 0. The third-order valence-corrected chi connectivity index (χ3v) is 7.50. The first-order chi connectivity index (χ1) is 12.2. The lowest BCUT2D eigenvalue weighted by molar-refractivity contribution is 0.00950. The first-order valence-corrected chi connectivity index (χ1v) is 10.3. The Bertz CT molecular complexity index is 994. The number of sulfonamides is 1. The Morgan fingerprint density at radius 3 is 2.38 bits per heavy atom. The smallest absolute Gasteiger partial charge is 0.265 e. The van der Waals surface area contributed by atoms with Gasteiger partial charge in [-0.3, -0.25) is 4.31 Å². The first kappa shape index (κ1) is 17.2. The van der Waals surface area contributed by atoms with E-state index in [2.05, 4.69) is 6.92 Å². The lowest BCUT2D eigenvalue weighted by atomic mass is 9.76. The molecule has 2 aromatic carbocycles. The number of rotatable bonds is 2. The Balaban J connectivity index is 1.96. The van der Waals surface area contributed by atoms with E-state index >= 15 is 0 Å². The van der Waals surface area contributed by atoms with Gasteiger partial charge >= 0.3 is 0 Å². The zero-order valence-electron chi connectivity index (χ0n) is 15.4. The number of allylic oxidation sites excluding steroid dienone is 1. The van der Waals surface area contributed by atoms with Gasteiger partial charge in [-0.25, -0.2) is 8.42 Å². The summed E-state index contributed by atoms with van der Waals surface area (Å²) in [6, 6.07) is 14.4. The van der Waals surface area contributed by atoms with Crippen LogP contribution in [0.5, 0.6) is 0 Å². The second-order valence-electron chi connectivity index (χ2n) is 7.40. The van der Waals surface area contributed by atoms with Gasteiger partial charge in [0, 0.05) is 5.92 Å². The van der Waals surface area contributed by atoms with Gasteiger partial charge in [-0.05, 0) is 50.6 Å². The van der Waals surface area contributed by atoms with Crippen LogP contribution in [0, 0.1) is 6.92 Å². The van der Waals surface area contributed by atoms with Crippen molar-refractivity contribution in [3.05, 3.63) is 71.5 Å². The number of fused-ring (bicyclic) bond motifs is 2. The molecule has 0 saturated carbocycles. The van der Waals surface area contributed by atoms with Gasteiger partial charge in [0.1, 0.15) is 11.6 Å². The van der Waals surface area contributed by atoms with E-state index < -0.39 is 15.6 Å². The Kier molecular flexibility index (Phi) is 3.70. The molecule has 3 atom stereocenters. The Morgan fingerprint density at radius 2 is 1.69 bits per heavy atom. The van der Waals surface area contributed by atoms with Crippen LogP contribution in [0.15, 0.2) is 65.3 Å².